The van der Waals surface area contributed by atoms with Crippen molar-refractivity contribution in [2.45, 2.75) is 19.5 Å². The Hall–Kier alpha value is -2.38. The van der Waals surface area contributed by atoms with Crippen LogP contribution in [0.3, 0.4) is 0 Å². The summed E-state index contributed by atoms with van der Waals surface area (Å²) in [6, 6.07) is 2.48. The van der Waals surface area contributed by atoms with Gasteiger partial charge >= 0.3 is 12.1 Å². The second kappa shape index (κ2) is 7.06. The third-order valence-corrected chi connectivity index (χ3v) is 2.65. The molecule has 22 heavy (non-hydrogen) atoms. The fourth-order valence-electron chi connectivity index (χ4n) is 1.63. The average Bonchev–Trinajstić information content (AvgIpc) is 2.45. The van der Waals surface area contributed by atoms with Gasteiger partial charge in [-0.1, -0.05) is 6.07 Å². The van der Waals surface area contributed by atoms with Crippen molar-refractivity contribution < 1.29 is 37.0 Å². The molecule has 0 bridgehead atoms. The van der Waals surface area contributed by atoms with Crippen LogP contribution in [0.2, 0.25) is 0 Å². The van der Waals surface area contributed by atoms with Crippen molar-refractivity contribution in [3.05, 3.63) is 29.3 Å². The number of esters is 1. The minimum Gasteiger partial charge on any atom is -0.496 e. The number of hydrogen-bond acceptors (Lipinski definition) is 5. The molecule has 0 aromatic heterocycles. The van der Waals surface area contributed by atoms with Crippen molar-refractivity contribution in [3.63, 3.8) is 0 Å². The van der Waals surface area contributed by atoms with E-state index in [1.165, 1.54) is 6.92 Å². The maximum Gasteiger partial charge on any atom is 0.419 e. The number of carbonyl (C=O) groups is 3. The van der Waals surface area contributed by atoms with Crippen molar-refractivity contribution in [3.8, 4) is 5.75 Å². The molecule has 0 N–H and O–H groups in total. The van der Waals surface area contributed by atoms with Gasteiger partial charge in [-0.2, -0.15) is 13.2 Å². The van der Waals surface area contributed by atoms with Gasteiger partial charge in [0.05, 0.1) is 25.7 Å². The monoisotopic (exact) mass is 318 g/mol. The zero-order valence-corrected chi connectivity index (χ0v) is 11.8. The first-order chi connectivity index (χ1) is 10.2. The third kappa shape index (κ3) is 4.31. The highest BCUT2D eigenvalue weighted by Crippen LogP contribution is 2.36. The topological polar surface area (TPSA) is 69.7 Å². The lowest BCUT2D eigenvalue weighted by Gasteiger charge is -2.12. The first kappa shape index (κ1) is 17.7. The number of alkyl halides is 3. The minimum atomic E-state index is -4.63. The molecule has 0 aliphatic heterocycles. The second-order valence-electron chi connectivity index (χ2n) is 4.16. The van der Waals surface area contributed by atoms with Crippen LogP contribution in [0.15, 0.2) is 18.2 Å². The summed E-state index contributed by atoms with van der Waals surface area (Å²) < 4.78 is 47.1. The van der Waals surface area contributed by atoms with Crippen LogP contribution in [-0.4, -0.2) is 31.3 Å². The smallest absolute Gasteiger partial charge is 0.419 e. The quantitative estimate of drug-likeness (QED) is 0.349. The Bertz CT molecular complexity index is 593. The van der Waals surface area contributed by atoms with Gasteiger partial charge in [0, 0.05) is 5.56 Å². The lowest BCUT2D eigenvalue weighted by Crippen LogP contribution is -2.20. The predicted molar refractivity (Wildman–Crippen MR) is 68.6 cm³/mol. The summed E-state index contributed by atoms with van der Waals surface area (Å²) in [5, 5.41) is 0. The van der Waals surface area contributed by atoms with Gasteiger partial charge in [0.25, 0.3) is 0 Å². The summed E-state index contributed by atoms with van der Waals surface area (Å²) in [6.07, 6.45) is -5.42. The van der Waals surface area contributed by atoms with E-state index in [-0.39, 0.29) is 12.2 Å². The van der Waals surface area contributed by atoms with E-state index in [1.807, 2.05) is 0 Å². The Labute approximate surface area is 124 Å². The van der Waals surface area contributed by atoms with E-state index in [1.54, 1.807) is 0 Å². The Kier molecular flexibility index (Phi) is 5.67. The number of carbonyl (C=O) groups excluding carboxylic acids is 3. The van der Waals surface area contributed by atoms with Crippen LogP contribution >= 0.6 is 0 Å². The SMILES string of the molecule is CCOC(=O)C(=O)CC(=O)c1ccc(C(F)(F)F)c(OC)c1. The molecule has 1 aromatic rings. The van der Waals surface area contributed by atoms with Gasteiger partial charge in [-0.15, -0.1) is 0 Å². The number of benzene rings is 1. The average molecular weight is 318 g/mol. The molecular weight excluding hydrogens is 305 g/mol. The summed E-state index contributed by atoms with van der Waals surface area (Å²) in [7, 11) is 1.03. The molecule has 5 nitrogen and oxygen atoms in total. The Morgan fingerprint density at radius 1 is 1.18 bits per heavy atom. The number of rotatable bonds is 6. The van der Waals surface area contributed by atoms with Gasteiger partial charge in [-0.3, -0.25) is 9.59 Å². The molecule has 0 spiro atoms. The van der Waals surface area contributed by atoms with E-state index < -0.39 is 41.4 Å². The highest BCUT2D eigenvalue weighted by atomic mass is 19.4. The zero-order chi connectivity index (χ0) is 16.9. The van der Waals surface area contributed by atoms with E-state index in [2.05, 4.69) is 9.47 Å². The largest absolute Gasteiger partial charge is 0.496 e. The maximum atomic E-state index is 12.7. The summed E-state index contributed by atoms with van der Waals surface area (Å²) >= 11 is 0. The first-order valence-corrected chi connectivity index (χ1v) is 6.19. The zero-order valence-electron chi connectivity index (χ0n) is 11.8. The van der Waals surface area contributed by atoms with Crippen LogP contribution in [-0.2, 0) is 20.5 Å². The molecule has 0 heterocycles. The summed E-state index contributed by atoms with van der Waals surface area (Å²) in [4.78, 5) is 34.3. The molecule has 0 radical (unpaired) electrons. The van der Waals surface area contributed by atoms with Crippen molar-refractivity contribution in [2.75, 3.05) is 13.7 Å². The van der Waals surface area contributed by atoms with Gasteiger partial charge in [-0.25, -0.2) is 4.79 Å². The highest BCUT2D eigenvalue weighted by Gasteiger charge is 2.34. The Balaban J connectivity index is 2.96. The number of ketones is 2. The van der Waals surface area contributed by atoms with Gasteiger partial charge in [0.1, 0.15) is 5.75 Å². The molecule has 8 heteroatoms. The molecule has 0 unspecified atom stereocenters. The summed E-state index contributed by atoms with van der Waals surface area (Å²) in [5.41, 5.74) is -1.20. The normalized spacial score (nSPS) is 11.0. The molecule has 0 saturated carbocycles. The Morgan fingerprint density at radius 3 is 2.32 bits per heavy atom. The van der Waals surface area contributed by atoms with E-state index in [4.69, 9.17) is 0 Å². The standard InChI is InChI=1S/C14H13F3O5/c1-3-22-13(20)11(19)7-10(18)8-4-5-9(14(15,16)17)12(6-8)21-2/h4-6H,3,7H2,1-2H3. The van der Waals surface area contributed by atoms with Crippen LogP contribution in [0.5, 0.6) is 5.75 Å². The van der Waals surface area contributed by atoms with Gasteiger partial charge in [0.15, 0.2) is 5.78 Å². The van der Waals surface area contributed by atoms with Gasteiger partial charge < -0.3 is 9.47 Å². The van der Waals surface area contributed by atoms with Crippen LogP contribution in [0.4, 0.5) is 13.2 Å². The minimum absolute atomic E-state index is 0.0210. The first-order valence-electron chi connectivity index (χ1n) is 6.19. The van der Waals surface area contributed by atoms with Gasteiger partial charge in [0.2, 0.25) is 5.78 Å². The molecule has 0 aliphatic rings. The molecule has 0 saturated heterocycles. The van der Waals surface area contributed by atoms with Crippen molar-refractivity contribution >= 4 is 17.5 Å². The van der Waals surface area contributed by atoms with Crippen LogP contribution < -0.4 is 4.74 Å². The highest BCUT2D eigenvalue weighted by molar-refractivity contribution is 6.38. The van der Waals surface area contributed by atoms with E-state index in [0.29, 0.717) is 6.07 Å². The lowest BCUT2D eigenvalue weighted by molar-refractivity contribution is -0.153. The van der Waals surface area contributed by atoms with E-state index >= 15 is 0 Å². The molecular formula is C14H13F3O5. The number of Topliss-reactive ketones (excluding diaryl/α,β-unsaturated/α-hetero) is 2. The molecule has 0 amide bonds. The summed E-state index contributed by atoms with van der Waals surface area (Å²) in [5.74, 6) is -3.56. The maximum absolute atomic E-state index is 12.7. The molecule has 0 atom stereocenters. The van der Waals surface area contributed by atoms with E-state index in [0.717, 1.165) is 19.2 Å². The van der Waals surface area contributed by atoms with Crippen LogP contribution in [0, 0.1) is 0 Å². The number of methoxy groups -OCH3 is 1. The molecule has 1 rings (SSSR count). The molecule has 0 aliphatic carbocycles. The number of halogens is 3. The molecule has 120 valence electrons. The summed E-state index contributed by atoms with van der Waals surface area (Å²) in [6.45, 7) is 1.47. The number of ether oxygens (including phenoxy) is 2. The van der Waals surface area contributed by atoms with Crippen LogP contribution in [0.1, 0.15) is 29.3 Å². The van der Waals surface area contributed by atoms with E-state index in [9.17, 15) is 27.6 Å². The second-order valence-corrected chi connectivity index (χ2v) is 4.16. The molecule has 0 fully saturated rings. The fraction of sp³-hybridized carbons (Fsp3) is 0.357. The van der Waals surface area contributed by atoms with Crippen LogP contribution in [0.25, 0.3) is 0 Å². The van der Waals surface area contributed by atoms with Crippen molar-refractivity contribution in [1.29, 1.82) is 0 Å². The van der Waals surface area contributed by atoms with Crippen molar-refractivity contribution in [1.82, 2.24) is 0 Å². The molecule has 1 aromatic carbocycles. The lowest BCUT2D eigenvalue weighted by atomic mass is 10.0. The van der Waals surface area contributed by atoms with Gasteiger partial charge in [-0.05, 0) is 19.1 Å². The predicted octanol–water partition coefficient (Wildman–Crippen LogP) is 2.42. The fourth-order valence-corrected chi connectivity index (χ4v) is 1.63. The Morgan fingerprint density at radius 2 is 1.82 bits per heavy atom. The number of hydrogen-bond donors (Lipinski definition) is 0. The van der Waals surface area contributed by atoms with Crippen molar-refractivity contribution in [2.24, 2.45) is 0 Å². The third-order valence-electron chi connectivity index (χ3n) is 2.65.